The van der Waals surface area contributed by atoms with Crippen molar-refractivity contribution in [3.8, 4) is 0 Å². The molecule has 0 fully saturated rings. The molecule has 1 heterocycles. The first-order valence-corrected chi connectivity index (χ1v) is 6.13. The van der Waals surface area contributed by atoms with Crippen LogP contribution in [0.4, 0.5) is 4.39 Å². The molecular weight excluding hydrogens is 227 g/mol. The number of hydrogen-bond acceptors (Lipinski definition) is 2. The van der Waals surface area contributed by atoms with Crippen LogP contribution in [0.3, 0.4) is 0 Å². The van der Waals surface area contributed by atoms with Crippen molar-refractivity contribution in [3.63, 3.8) is 0 Å². The molecule has 2 aromatic rings. The SMILES string of the molecule is NC(CCc1cccnc1)Cc1ccccc1F. The minimum atomic E-state index is -0.172. The number of aryl methyl sites for hydroxylation is 1. The highest BCUT2D eigenvalue weighted by Gasteiger charge is 2.08. The summed E-state index contributed by atoms with van der Waals surface area (Å²) in [5.74, 6) is -0.172. The van der Waals surface area contributed by atoms with Crippen LogP contribution in [0.5, 0.6) is 0 Å². The Kier molecular flexibility index (Phi) is 4.42. The molecule has 0 saturated heterocycles. The third-order valence-corrected chi connectivity index (χ3v) is 2.97. The second kappa shape index (κ2) is 6.26. The molecule has 0 amide bonds. The molecule has 94 valence electrons. The van der Waals surface area contributed by atoms with Gasteiger partial charge in [-0.05, 0) is 42.5 Å². The van der Waals surface area contributed by atoms with Crippen molar-refractivity contribution < 1.29 is 4.39 Å². The number of hydrogen-bond donors (Lipinski definition) is 1. The highest BCUT2D eigenvalue weighted by molar-refractivity contribution is 5.18. The molecule has 0 saturated carbocycles. The Balaban J connectivity index is 1.86. The van der Waals surface area contributed by atoms with Crippen molar-refractivity contribution in [2.75, 3.05) is 0 Å². The van der Waals surface area contributed by atoms with Crippen LogP contribution in [-0.2, 0) is 12.8 Å². The van der Waals surface area contributed by atoms with E-state index in [4.69, 9.17) is 5.73 Å². The van der Waals surface area contributed by atoms with Crippen LogP contribution in [0.15, 0.2) is 48.8 Å². The predicted octanol–water partition coefficient (Wildman–Crippen LogP) is 2.72. The van der Waals surface area contributed by atoms with Crippen LogP contribution in [0.1, 0.15) is 17.5 Å². The first-order chi connectivity index (χ1) is 8.75. The van der Waals surface area contributed by atoms with Crippen LogP contribution in [0.25, 0.3) is 0 Å². The van der Waals surface area contributed by atoms with Gasteiger partial charge >= 0.3 is 0 Å². The summed E-state index contributed by atoms with van der Waals surface area (Å²) in [5, 5.41) is 0. The summed E-state index contributed by atoms with van der Waals surface area (Å²) in [6, 6.07) is 10.7. The zero-order chi connectivity index (χ0) is 12.8. The lowest BCUT2D eigenvalue weighted by Crippen LogP contribution is -2.24. The van der Waals surface area contributed by atoms with Crippen molar-refractivity contribution in [1.82, 2.24) is 4.98 Å². The molecule has 0 aliphatic rings. The first kappa shape index (κ1) is 12.7. The third-order valence-electron chi connectivity index (χ3n) is 2.97. The number of pyridine rings is 1. The Morgan fingerprint density at radius 2 is 2.00 bits per heavy atom. The van der Waals surface area contributed by atoms with E-state index in [1.165, 1.54) is 11.6 Å². The van der Waals surface area contributed by atoms with Crippen LogP contribution in [0, 0.1) is 5.82 Å². The molecule has 1 aromatic carbocycles. The van der Waals surface area contributed by atoms with E-state index in [0.29, 0.717) is 12.0 Å². The number of rotatable bonds is 5. The molecule has 18 heavy (non-hydrogen) atoms. The van der Waals surface area contributed by atoms with Crippen LogP contribution in [-0.4, -0.2) is 11.0 Å². The van der Waals surface area contributed by atoms with Gasteiger partial charge in [0.2, 0.25) is 0 Å². The van der Waals surface area contributed by atoms with Gasteiger partial charge < -0.3 is 5.73 Å². The highest BCUT2D eigenvalue weighted by atomic mass is 19.1. The largest absolute Gasteiger partial charge is 0.327 e. The molecule has 0 radical (unpaired) electrons. The van der Waals surface area contributed by atoms with Gasteiger partial charge in [-0.15, -0.1) is 0 Å². The summed E-state index contributed by atoms with van der Waals surface area (Å²) in [6.07, 6.45) is 5.88. The third kappa shape index (κ3) is 3.64. The molecule has 0 bridgehead atoms. The van der Waals surface area contributed by atoms with E-state index in [-0.39, 0.29) is 11.9 Å². The minimum Gasteiger partial charge on any atom is -0.327 e. The second-order valence-corrected chi connectivity index (χ2v) is 4.46. The summed E-state index contributed by atoms with van der Waals surface area (Å²) < 4.78 is 13.4. The Labute approximate surface area is 107 Å². The lowest BCUT2D eigenvalue weighted by molar-refractivity contribution is 0.566. The average molecular weight is 244 g/mol. The molecule has 3 heteroatoms. The molecule has 1 atom stereocenters. The summed E-state index contributed by atoms with van der Waals surface area (Å²) in [6.45, 7) is 0. The van der Waals surface area contributed by atoms with E-state index in [2.05, 4.69) is 4.98 Å². The van der Waals surface area contributed by atoms with E-state index >= 15 is 0 Å². The van der Waals surface area contributed by atoms with E-state index in [1.54, 1.807) is 18.3 Å². The van der Waals surface area contributed by atoms with Crippen molar-refractivity contribution >= 4 is 0 Å². The van der Waals surface area contributed by atoms with Crippen molar-refractivity contribution in [1.29, 1.82) is 0 Å². The predicted molar refractivity (Wildman–Crippen MR) is 70.6 cm³/mol. The molecule has 0 aliphatic carbocycles. The molecule has 1 unspecified atom stereocenters. The number of nitrogens with zero attached hydrogens (tertiary/aromatic N) is 1. The molecule has 1 aromatic heterocycles. The average Bonchev–Trinajstić information content (AvgIpc) is 2.40. The number of halogens is 1. The molecule has 0 aliphatic heterocycles. The maximum absolute atomic E-state index is 13.4. The quantitative estimate of drug-likeness (QED) is 0.878. The van der Waals surface area contributed by atoms with Gasteiger partial charge in [-0.1, -0.05) is 24.3 Å². The maximum atomic E-state index is 13.4. The van der Waals surface area contributed by atoms with Gasteiger partial charge in [0, 0.05) is 18.4 Å². The number of aromatic nitrogens is 1. The van der Waals surface area contributed by atoms with Gasteiger partial charge in [0.25, 0.3) is 0 Å². The van der Waals surface area contributed by atoms with Gasteiger partial charge in [0.05, 0.1) is 0 Å². The fourth-order valence-corrected chi connectivity index (χ4v) is 1.95. The summed E-state index contributed by atoms with van der Waals surface area (Å²) >= 11 is 0. The fraction of sp³-hybridized carbons (Fsp3) is 0.267. The summed E-state index contributed by atoms with van der Waals surface area (Å²) in [5.41, 5.74) is 7.89. The van der Waals surface area contributed by atoms with Crippen LogP contribution < -0.4 is 5.73 Å². The molecule has 2 N–H and O–H groups in total. The molecule has 2 rings (SSSR count). The standard InChI is InChI=1S/C15H17FN2/c16-15-6-2-1-5-13(15)10-14(17)8-7-12-4-3-9-18-11-12/h1-6,9,11,14H,7-8,10,17H2. The van der Waals surface area contributed by atoms with Crippen molar-refractivity contribution in [2.24, 2.45) is 5.73 Å². The Morgan fingerprint density at radius 1 is 1.17 bits per heavy atom. The monoisotopic (exact) mass is 244 g/mol. The van der Waals surface area contributed by atoms with Crippen LogP contribution in [0.2, 0.25) is 0 Å². The smallest absolute Gasteiger partial charge is 0.126 e. The van der Waals surface area contributed by atoms with Gasteiger partial charge in [-0.3, -0.25) is 4.98 Å². The van der Waals surface area contributed by atoms with Gasteiger partial charge in [-0.25, -0.2) is 4.39 Å². The maximum Gasteiger partial charge on any atom is 0.126 e. The van der Waals surface area contributed by atoms with E-state index in [9.17, 15) is 4.39 Å². The lowest BCUT2D eigenvalue weighted by Gasteiger charge is -2.12. The number of benzene rings is 1. The van der Waals surface area contributed by atoms with E-state index in [1.807, 2.05) is 24.4 Å². The molecular formula is C15H17FN2. The van der Waals surface area contributed by atoms with Crippen LogP contribution >= 0.6 is 0 Å². The zero-order valence-corrected chi connectivity index (χ0v) is 10.2. The minimum absolute atomic E-state index is 0.0258. The fourth-order valence-electron chi connectivity index (χ4n) is 1.95. The zero-order valence-electron chi connectivity index (χ0n) is 10.2. The Bertz CT molecular complexity index is 485. The molecule has 0 spiro atoms. The van der Waals surface area contributed by atoms with Crippen molar-refractivity contribution in [3.05, 3.63) is 65.7 Å². The Morgan fingerprint density at radius 3 is 2.72 bits per heavy atom. The van der Waals surface area contributed by atoms with E-state index < -0.39 is 0 Å². The Hall–Kier alpha value is -1.74. The first-order valence-electron chi connectivity index (χ1n) is 6.13. The summed E-state index contributed by atoms with van der Waals surface area (Å²) in [7, 11) is 0. The molecule has 2 nitrogen and oxygen atoms in total. The highest BCUT2D eigenvalue weighted by Crippen LogP contribution is 2.11. The number of nitrogens with two attached hydrogens (primary N) is 1. The van der Waals surface area contributed by atoms with Gasteiger partial charge in [-0.2, -0.15) is 0 Å². The normalized spacial score (nSPS) is 12.3. The van der Waals surface area contributed by atoms with Crippen molar-refractivity contribution in [2.45, 2.75) is 25.3 Å². The topological polar surface area (TPSA) is 38.9 Å². The van der Waals surface area contributed by atoms with Gasteiger partial charge in [0.15, 0.2) is 0 Å². The summed E-state index contributed by atoms with van der Waals surface area (Å²) in [4.78, 5) is 4.06. The lowest BCUT2D eigenvalue weighted by atomic mass is 10.0. The van der Waals surface area contributed by atoms with Gasteiger partial charge in [0.1, 0.15) is 5.82 Å². The van der Waals surface area contributed by atoms with E-state index in [0.717, 1.165) is 12.8 Å². The second-order valence-electron chi connectivity index (χ2n) is 4.46.